The Bertz CT molecular complexity index is 870. The largest absolute Gasteiger partial charge is 0.390 e. The number of likely N-dealkylation sites (N-methyl/N-ethyl adjacent to an activating group) is 1. The van der Waals surface area contributed by atoms with E-state index in [0.717, 1.165) is 4.90 Å². The molecule has 4 rings (SSSR count). The van der Waals surface area contributed by atoms with Gasteiger partial charge in [-0.1, -0.05) is 12.1 Å². The second-order valence-electron chi connectivity index (χ2n) is 7.49. The molecule has 148 valence electrons. The van der Waals surface area contributed by atoms with Crippen molar-refractivity contribution in [1.29, 1.82) is 0 Å². The molecule has 4 amide bonds. The average molecular weight is 386 g/mol. The molecule has 0 aliphatic carbocycles. The van der Waals surface area contributed by atoms with Crippen LogP contribution in [0.2, 0.25) is 0 Å². The predicted octanol–water partition coefficient (Wildman–Crippen LogP) is -1.15. The van der Waals surface area contributed by atoms with Gasteiger partial charge in [0.15, 0.2) is 0 Å². The fourth-order valence-corrected chi connectivity index (χ4v) is 4.20. The van der Waals surface area contributed by atoms with E-state index in [4.69, 9.17) is 0 Å². The van der Waals surface area contributed by atoms with E-state index in [2.05, 4.69) is 10.6 Å². The van der Waals surface area contributed by atoms with E-state index in [0.29, 0.717) is 30.8 Å². The Hall–Kier alpha value is -2.62. The molecule has 3 heterocycles. The summed E-state index contributed by atoms with van der Waals surface area (Å²) in [4.78, 5) is 52.4. The number of carbonyl (C=O) groups is 4. The first-order valence-electron chi connectivity index (χ1n) is 9.31. The second kappa shape index (κ2) is 7.08. The van der Waals surface area contributed by atoms with Gasteiger partial charge in [-0.3, -0.25) is 34.3 Å². The molecule has 1 unspecified atom stereocenters. The first kappa shape index (κ1) is 18.7. The van der Waals surface area contributed by atoms with Gasteiger partial charge in [-0.25, -0.2) is 0 Å². The van der Waals surface area contributed by atoms with Crippen LogP contribution < -0.4 is 10.6 Å². The van der Waals surface area contributed by atoms with Crippen LogP contribution in [0.3, 0.4) is 0 Å². The van der Waals surface area contributed by atoms with Crippen LogP contribution in [0.5, 0.6) is 0 Å². The summed E-state index contributed by atoms with van der Waals surface area (Å²) >= 11 is 0. The lowest BCUT2D eigenvalue weighted by Gasteiger charge is -2.28. The number of hydrogen-bond acceptors (Lipinski definition) is 7. The van der Waals surface area contributed by atoms with Gasteiger partial charge in [-0.15, -0.1) is 0 Å². The summed E-state index contributed by atoms with van der Waals surface area (Å²) in [6, 6.07) is 4.01. The van der Waals surface area contributed by atoms with Crippen molar-refractivity contribution in [3.63, 3.8) is 0 Å². The fourth-order valence-electron chi connectivity index (χ4n) is 4.20. The smallest absolute Gasteiger partial charge is 0.262 e. The van der Waals surface area contributed by atoms with Gasteiger partial charge in [0, 0.05) is 32.1 Å². The van der Waals surface area contributed by atoms with Crippen LogP contribution in [0.4, 0.5) is 0 Å². The van der Waals surface area contributed by atoms with Crippen molar-refractivity contribution in [3.05, 3.63) is 34.9 Å². The molecule has 1 aromatic rings. The van der Waals surface area contributed by atoms with Crippen molar-refractivity contribution >= 4 is 23.6 Å². The van der Waals surface area contributed by atoms with E-state index in [1.165, 1.54) is 0 Å². The van der Waals surface area contributed by atoms with Crippen LogP contribution in [-0.4, -0.2) is 76.9 Å². The van der Waals surface area contributed by atoms with Crippen LogP contribution in [0.15, 0.2) is 18.2 Å². The van der Waals surface area contributed by atoms with Crippen molar-refractivity contribution in [2.75, 3.05) is 20.1 Å². The van der Waals surface area contributed by atoms with E-state index < -0.39 is 35.8 Å². The lowest BCUT2D eigenvalue weighted by atomic mass is 10.0. The fraction of sp³-hybridized carbons (Fsp3) is 0.474. The van der Waals surface area contributed by atoms with Crippen molar-refractivity contribution in [1.82, 2.24) is 20.4 Å². The van der Waals surface area contributed by atoms with Crippen molar-refractivity contribution in [2.24, 2.45) is 0 Å². The highest BCUT2D eigenvalue weighted by atomic mass is 16.3. The highest BCUT2D eigenvalue weighted by Crippen LogP contribution is 2.30. The summed E-state index contributed by atoms with van der Waals surface area (Å²) in [6.07, 6.45) is -0.281. The van der Waals surface area contributed by atoms with Crippen LogP contribution >= 0.6 is 0 Å². The maximum atomic E-state index is 13.1. The molecule has 3 N–H and O–H groups in total. The molecule has 0 aromatic heterocycles. The molecular weight excluding hydrogens is 364 g/mol. The third-order valence-electron chi connectivity index (χ3n) is 5.69. The Labute approximate surface area is 161 Å². The maximum absolute atomic E-state index is 13.1. The minimum absolute atomic E-state index is 0.0886. The SMILES string of the molecule is CN(Cc1cccc2c1C(=O)N(C1CCC(=O)NC1=O)C2=O)[C@@H]1CNC[C@H]1O. The third kappa shape index (κ3) is 3.01. The molecule has 3 atom stereocenters. The first-order chi connectivity index (χ1) is 13.4. The van der Waals surface area contributed by atoms with Crippen molar-refractivity contribution < 1.29 is 24.3 Å². The lowest BCUT2D eigenvalue weighted by Crippen LogP contribution is -2.54. The van der Waals surface area contributed by atoms with Crippen LogP contribution in [-0.2, 0) is 16.1 Å². The Morgan fingerprint density at radius 1 is 1.18 bits per heavy atom. The number of rotatable bonds is 4. The van der Waals surface area contributed by atoms with Crippen LogP contribution in [0.25, 0.3) is 0 Å². The number of nitrogens with zero attached hydrogens (tertiary/aromatic N) is 2. The summed E-state index contributed by atoms with van der Waals surface area (Å²) in [5.41, 5.74) is 1.24. The molecule has 3 aliphatic rings. The number of β-amino-alcohol motifs (C(OH)–C–C–N with tert-alkyl or cyclic N) is 1. The van der Waals surface area contributed by atoms with Gasteiger partial charge in [0.05, 0.1) is 17.2 Å². The Morgan fingerprint density at radius 3 is 2.64 bits per heavy atom. The number of hydrogen-bond donors (Lipinski definition) is 3. The standard InChI is InChI=1S/C19H22N4O5/c1-22(13-7-20-8-14(13)24)9-10-3-2-4-11-16(10)19(28)23(18(11)27)12-5-6-15(25)21-17(12)26/h2-4,12-14,20,24H,5-9H2,1H3,(H,21,25,26)/t12?,13-,14-/m1/s1. The van der Waals surface area contributed by atoms with E-state index >= 15 is 0 Å². The molecule has 2 saturated heterocycles. The van der Waals surface area contributed by atoms with Gasteiger partial charge in [0.1, 0.15) is 6.04 Å². The number of fused-ring (bicyclic) bond motifs is 1. The molecule has 0 radical (unpaired) electrons. The van der Waals surface area contributed by atoms with E-state index in [1.54, 1.807) is 18.2 Å². The lowest BCUT2D eigenvalue weighted by molar-refractivity contribution is -0.136. The summed E-state index contributed by atoms with van der Waals surface area (Å²) < 4.78 is 0. The Balaban J connectivity index is 1.61. The number of aliphatic hydroxyl groups is 1. The van der Waals surface area contributed by atoms with Gasteiger partial charge in [0.2, 0.25) is 11.8 Å². The first-order valence-corrected chi connectivity index (χ1v) is 9.31. The number of imide groups is 2. The van der Waals surface area contributed by atoms with Gasteiger partial charge < -0.3 is 10.4 Å². The topological polar surface area (TPSA) is 119 Å². The van der Waals surface area contributed by atoms with E-state index in [1.807, 2.05) is 11.9 Å². The van der Waals surface area contributed by atoms with Crippen LogP contribution in [0, 0.1) is 0 Å². The normalized spacial score (nSPS) is 27.5. The number of nitrogens with one attached hydrogen (secondary N) is 2. The zero-order valence-corrected chi connectivity index (χ0v) is 15.5. The highest BCUT2D eigenvalue weighted by molar-refractivity contribution is 6.24. The molecule has 0 spiro atoms. The van der Waals surface area contributed by atoms with Gasteiger partial charge in [-0.05, 0) is 25.1 Å². The second-order valence-corrected chi connectivity index (χ2v) is 7.49. The number of amides is 4. The Morgan fingerprint density at radius 2 is 1.96 bits per heavy atom. The van der Waals surface area contributed by atoms with Crippen molar-refractivity contribution in [3.8, 4) is 0 Å². The van der Waals surface area contributed by atoms with Gasteiger partial charge in [0.25, 0.3) is 11.8 Å². The van der Waals surface area contributed by atoms with E-state index in [9.17, 15) is 24.3 Å². The monoisotopic (exact) mass is 386 g/mol. The number of piperidine rings is 1. The Kier molecular flexibility index (Phi) is 4.74. The molecule has 0 saturated carbocycles. The molecule has 3 aliphatic heterocycles. The molecule has 9 nitrogen and oxygen atoms in total. The molecule has 0 bridgehead atoms. The van der Waals surface area contributed by atoms with Crippen LogP contribution in [0.1, 0.15) is 39.1 Å². The summed E-state index contributed by atoms with van der Waals surface area (Å²) in [7, 11) is 1.86. The number of aliphatic hydroxyl groups excluding tert-OH is 1. The zero-order valence-electron chi connectivity index (χ0n) is 15.5. The maximum Gasteiger partial charge on any atom is 0.262 e. The van der Waals surface area contributed by atoms with Crippen molar-refractivity contribution in [2.45, 2.75) is 37.6 Å². The average Bonchev–Trinajstić information content (AvgIpc) is 3.18. The predicted molar refractivity (Wildman–Crippen MR) is 97.2 cm³/mol. The molecule has 1 aromatic carbocycles. The minimum Gasteiger partial charge on any atom is -0.390 e. The highest BCUT2D eigenvalue weighted by Gasteiger charge is 2.45. The number of benzene rings is 1. The summed E-state index contributed by atoms with van der Waals surface area (Å²) in [6.45, 7) is 1.54. The minimum atomic E-state index is -0.975. The molecule has 2 fully saturated rings. The summed E-state index contributed by atoms with van der Waals surface area (Å²) in [5, 5.41) is 15.4. The molecule has 9 heteroatoms. The third-order valence-corrected chi connectivity index (χ3v) is 5.69. The molecule has 28 heavy (non-hydrogen) atoms. The molecular formula is C19H22N4O5. The zero-order chi connectivity index (χ0) is 20.0. The van der Waals surface area contributed by atoms with Gasteiger partial charge in [-0.2, -0.15) is 0 Å². The quantitative estimate of drug-likeness (QED) is 0.559. The van der Waals surface area contributed by atoms with E-state index in [-0.39, 0.29) is 24.4 Å². The summed E-state index contributed by atoms with van der Waals surface area (Å²) in [5.74, 6) is -2.04. The number of carbonyl (C=O) groups excluding carboxylic acids is 4. The van der Waals surface area contributed by atoms with Gasteiger partial charge >= 0.3 is 0 Å².